The number of fused-ring (bicyclic) bond motifs is 1. The smallest absolute Gasteiger partial charge is 0.416 e. The van der Waals surface area contributed by atoms with Gasteiger partial charge >= 0.3 is 12.1 Å². The first kappa shape index (κ1) is 25.1. The quantitative estimate of drug-likeness (QED) is 0.179. The summed E-state index contributed by atoms with van der Waals surface area (Å²) in [5.74, 6) is -0.224. The summed E-state index contributed by atoms with van der Waals surface area (Å²) in [5, 5.41) is 4.50. The molecule has 0 aliphatic rings. The maximum atomic E-state index is 13.3. The van der Waals surface area contributed by atoms with Crippen LogP contribution in [0.5, 0.6) is 11.5 Å². The molecule has 3 aromatic carbocycles. The van der Waals surface area contributed by atoms with E-state index in [9.17, 15) is 22.8 Å². The summed E-state index contributed by atoms with van der Waals surface area (Å²) in [4.78, 5) is 29.1. The molecule has 1 heterocycles. The minimum Gasteiger partial charge on any atom is -0.493 e. The molecule has 4 rings (SSSR count). The van der Waals surface area contributed by atoms with Crippen molar-refractivity contribution in [2.45, 2.75) is 13.1 Å². The summed E-state index contributed by atoms with van der Waals surface area (Å²) in [7, 11) is 1.39. The molecule has 184 valence electrons. The van der Waals surface area contributed by atoms with E-state index in [0.29, 0.717) is 15.6 Å². The van der Waals surface area contributed by atoms with Crippen LogP contribution in [0.15, 0.2) is 75.0 Å². The Labute approximate surface area is 210 Å². The highest BCUT2D eigenvalue weighted by Gasteiger charge is 2.31. The average molecular weight is 560 g/mol. The molecule has 0 unspecified atom stereocenters. The molecule has 11 heteroatoms. The topological polar surface area (TPSA) is 82.8 Å². The number of methoxy groups -OCH3 is 1. The number of esters is 1. The Morgan fingerprint density at radius 3 is 2.56 bits per heavy atom. The van der Waals surface area contributed by atoms with Crippen molar-refractivity contribution in [3.63, 3.8) is 0 Å². The SMILES string of the molecule is COc1cc(C=Nn2c(-c3cccc(C(F)(F)F)c3)nc3ccccc3c2=O)cc(Br)c1OC(C)=O. The zero-order valence-electron chi connectivity index (χ0n) is 18.8. The molecule has 0 atom stereocenters. The lowest BCUT2D eigenvalue weighted by Gasteiger charge is -2.12. The van der Waals surface area contributed by atoms with E-state index in [1.165, 1.54) is 38.4 Å². The minimum absolute atomic E-state index is 0.0637. The molecule has 0 aliphatic heterocycles. The van der Waals surface area contributed by atoms with E-state index in [2.05, 4.69) is 26.0 Å². The minimum atomic E-state index is -4.58. The van der Waals surface area contributed by atoms with Crippen LogP contribution in [0, 0.1) is 0 Å². The molecule has 1 aromatic heterocycles. The molecule has 7 nitrogen and oxygen atoms in total. The van der Waals surface area contributed by atoms with Crippen LogP contribution in [-0.4, -0.2) is 29.0 Å². The predicted octanol–water partition coefficient (Wildman–Crippen LogP) is 5.66. The Hall–Kier alpha value is -3.99. The van der Waals surface area contributed by atoms with Crippen molar-refractivity contribution in [3.8, 4) is 22.9 Å². The first-order valence-electron chi connectivity index (χ1n) is 10.4. The van der Waals surface area contributed by atoms with Crippen molar-refractivity contribution in [1.29, 1.82) is 0 Å². The number of carbonyl (C=O) groups is 1. The number of carbonyl (C=O) groups excluding carboxylic acids is 1. The summed E-state index contributed by atoms with van der Waals surface area (Å²) in [6, 6.07) is 14.1. The van der Waals surface area contributed by atoms with Crippen LogP contribution in [0.4, 0.5) is 13.2 Å². The molecule has 0 saturated heterocycles. The fourth-order valence-electron chi connectivity index (χ4n) is 3.43. The molecule has 0 bridgehead atoms. The summed E-state index contributed by atoms with van der Waals surface area (Å²) < 4.78 is 51.8. The van der Waals surface area contributed by atoms with Crippen molar-refractivity contribution in [1.82, 2.24) is 9.66 Å². The van der Waals surface area contributed by atoms with E-state index in [4.69, 9.17) is 9.47 Å². The number of rotatable bonds is 5. The van der Waals surface area contributed by atoms with E-state index < -0.39 is 23.3 Å². The normalized spacial score (nSPS) is 11.7. The molecule has 0 N–H and O–H groups in total. The summed E-state index contributed by atoms with van der Waals surface area (Å²) in [6.07, 6.45) is -3.26. The summed E-state index contributed by atoms with van der Waals surface area (Å²) in [6.45, 7) is 1.25. The maximum Gasteiger partial charge on any atom is 0.416 e. The van der Waals surface area contributed by atoms with Gasteiger partial charge in [0.05, 0.1) is 34.3 Å². The maximum absolute atomic E-state index is 13.3. The Morgan fingerprint density at radius 1 is 1.11 bits per heavy atom. The third-order valence-electron chi connectivity index (χ3n) is 5.02. The zero-order valence-corrected chi connectivity index (χ0v) is 20.4. The number of nitrogens with zero attached hydrogens (tertiary/aromatic N) is 3. The van der Waals surface area contributed by atoms with Crippen LogP contribution < -0.4 is 15.0 Å². The second-order valence-corrected chi connectivity index (χ2v) is 8.37. The van der Waals surface area contributed by atoms with Gasteiger partial charge in [-0.05, 0) is 57.9 Å². The van der Waals surface area contributed by atoms with Crippen molar-refractivity contribution in [2.24, 2.45) is 5.10 Å². The lowest BCUT2D eigenvalue weighted by Crippen LogP contribution is -2.20. The molecular formula is C25H17BrF3N3O4. The van der Waals surface area contributed by atoms with E-state index in [-0.39, 0.29) is 28.3 Å². The first-order chi connectivity index (χ1) is 17.1. The van der Waals surface area contributed by atoms with Gasteiger partial charge in [0, 0.05) is 12.5 Å². The highest BCUT2D eigenvalue weighted by Crippen LogP contribution is 2.36. The molecule has 36 heavy (non-hydrogen) atoms. The van der Waals surface area contributed by atoms with Crippen LogP contribution >= 0.6 is 15.9 Å². The molecule has 0 fully saturated rings. The lowest BCUT2D eigenvalue weighted by molar-refractivity contribution is -0.137. The zero-order chi connectivity index (χ0) is 26.0. The summed E-state index contributed by atoms with van der Waals surface area (Å²) >= 11 is 3.31. The van der Waals surface area contributed by atoms with Gasteiger partial charge in [0.2, 0.25) is 0 Å². The van der Waals surface area contributed by atoms with Crippen LogP contribution in [0.3, 0.4) is 0 Å². The highest BCUT2D eigenvalue weighted by atomic mass is 79.9. The molecule has 0 aliphatic carbocycles. The van der Waals surface area contributed by atoms with Crippen molar-refractivity contribution in [2.75, 3.05) is 7.11 Å². The lowest BCUT2D eigenvalue weighted by atomic mass is 10.1. The van der Waals surface area contributed by atoms with Gasteiger partial charge in [-0.25, -0.2) is 4.98 Å². The summed E-state index contributed by atoms with van der Waals surface area (Å²) in [5.41, 5.74) is -0.616. The fourth-order valence-corrected chi connectivity index (χ4v) is 3.97. The number of benzene rings is 3. The number of halogens is 4. The van der Waals surface area contributed by atoms with E-state index in [0.717, 1.165) is 16.8 Å². The van der Waals surface area contributed by atoms with Gasteiger partial charge < -0.3 is 9.47 Å². The average Bonchev–Trinajstić information content (AvgIpc) is 2.84. The van der Waals surface area contributed by atoms with Crippen molar-refractivity contribution in [3.05, 3.63) is 86.6 Å². The number of aromatic nitrogens is 2. The standard InChI is InChI=1S/C25H17BrF3N3O4/c1-14(33)36-22-19(26)10-15(11-21(22)35-2)13-30-32-23(16-6-5-7-17(12-16)25(27,28)29)31-20-9-4-3-8-18(20)24(32)34/h3-13H,1-2H3. The molecule has 0 amide bonds. The van der Waals surface area contributed by atoms with Gasteiger partial charge in [-0.15, -0.1) is 0 Å². The van der Waals surface area contributed by atoms with Gasteiger partial charge in [-0.1, -0.05) is 24.3 Å². The van der Waals surface area contributed by atoms with Gasteiger partial charge in [0.25, 0.3) is 5.56 Å². The molecular weight excluding hydrogens is 543 g/mol. The first-order valence-corrected chi connectivity index (χ1v) is 11.2. The molecule has 0 saturated carbocycles. The van der Waals surface area contributed by atoms with Crippen molar-refractivity contribution < 1.29 is 27.4 Å². The Balaban J connectivity index is 1.89. The van der Waals surface area contributed by atoms with E-state index in [1.54, 1.807) is 30.3 Å². The second kappa shape index (κ2) is 9.94. The second-order valence-electron chi connectivity index (χ2n) is 7.52. The molecule has 4 aromatic rings. The third-order valence-corrected chi connectivity index (χ3v) is 5.61. The Bertz CT molecular complexity index is 1560. The van der Waals surface area contributed by atoms with Gasteiger partial charge in [0.15, 0.2) is 17.3 Å². The van der Waals surface area contributed by atoms with Crippen LogP contribution in [0.2, 0.25) is 0 Å². The fraction of sp³-hybridized carbons (Fsp3) is 0.120. The predicted molar refractivity (Wildman–Crippen MR) is 131 cm³/mol. The van der Waals surface area contributed by atoms with E-state index >= 15 is 0 Å². The molecule has 0 spiro atoms. The largest absolute Gasteiger partial charge is 0.493 e. The number of hydrogen-bond donors (Lipinski definition) is 0. The Morgan fingerprint density at radius 2 is 1.86 bits per heavy atom. The number of ether oxygens (including phenoxy) is 2. The van der Waals surface area contributed by atoms with Gasteiger partial charge in [-0.2, -0.15) is 22.9 Å². The number of para-hydroxylation sites is 1. The van der Waals surface area contributed by atoms with Crippen LogP contribution in [0.1, 0.15) is 18.1 Å². The van der Waals surface area contributed by atoms with E-state index in [1.807, 2.05) is 0 Å². The monoisotopic (exact) mass is 559 g/mol. The molecule has 0 radical (unpaired) electrons. The number of hydrogen-bond acceptors (Lipinski definition) is 6. The highest BCUT2D eigenvalue weighted by molar-refractivity contribution is 9.10. The van der Waals surface area contributed by atoms with Crippen LogP contribution in [0.25, 0.3) is 22.3 Å². The Kier molecular flexibility index (Phi) is 6.93. The van der Waals surface area contributed by atoms with Gasteiger partial charge in [-0.3, -0.25) is 9.59 Å². The number of alkyl halides is 3. The van der Waals surface area contributed by atoms with Crippen molar-refractivity contribution >= 4 is 39.0 Å². The van der Waals surface area contributed by atoms with Gasteiger partial charge in [0.1, 0.15) is 0 Å². The third kappa shape index (κ3) is 5.15. The van der Waals surface area contributed by atoms with Crippen LogP contribution in [-0.2, 0) is 11.0 Å².